The van der Waals surface area contributed by atoms with E-state index in [2.05, 4.69) is 21.2 Å². The van der Waals surface area contributed by atoms with E-state index in [1.165, 1.54) is 12.1 Å². The summed E-state index contributed by atoms with van der Waals surface area (Å²) in [6.07, 6.45) is 2.62. The highest BCUT2D eigenvalue weighted by Gasteiger charge is 2.39. The van der Waals surface area contributed by atoms with Crippen LogP contribution in [0.15, 0.2) is 22.7 Å². The Hall–Kier alpha value is -1.43. The molecule has 0 atom stereocenters. The zero-order valence-electron chi connectivity index (χ0n) is 10.8. The van der Waals surface area contributed by atoms with Crippen LogP contribution in [-0.2, 0) is 4.79 Å². The zero-order chi connectivity index (χ0) is 14.8. The summed E-state index contributed by atoms with van der Waals surface area (Å²) in [5.74, 6) is -1.74. The fourth-order valence-corrected chi connectivity index (χ4v) is 2.87. The Kier molecular flexibility index (Phi) is 4.42. The van der Waals surface area contributed by atoms with E-state index in [-0.39, 0.29) is 17.4 Å². The van der Waals surface area contributed by atoms with Gasteiger partial charge in [-0.3, -0.25) is 9.59 Å². The molecule has 0 bridgehead atoms. The van der Waals surface area contributed by atoms with E-state index in [4.69, 9.17) is 5.11 Å². The van der Waals surface area contributed by atoms with Gasteiger partial charge in [0.2, 0.25) is 0 Å². The van der Waals surface area contributed by atoms with Crippen LogP contribution in [0, 0.1) is 11.2 Å². The van der Waals surface area contributed by atoms with Gasteiger partial charge in [-0.25, -0.2) is 4.39 Å². The van der Waals surface area contributed by atoms with Crippen molar-refractivity contribution in [3.05, 3.63) is 34.1 Å². The van der Waals surface area contributed by atoms with E-state index in [9.17, 15) is 14.0 Å². The van der Waals surface area contributed by atoms with Gasteiger partial charge in [-0.15, -0.1) is 0 Å². The third kappa shape index (κ3) is 3.36. The molecule has 1 aliphatic rings. The zero-order valence-corrected chi connectivity index (χ0v) is 12.4. The fourth-order valence-electron chi connectivity index (χ4n) is 2.45. The van der Waals surface area contributed by atoms with E-state index in [0.29, 0.717) is 11.0 Å². The van der Waals surface area contributed by atoms with Gasteiger partial charge in [0, 0.05) is 11.0 Å². The smallest absolute Gasteiger partial charge is 0.303 e. The van der Waals surface area contributed by atoms with Crippen molar-refractivity contribution >= 4 is 27.8 Å². The molecule has 1 aromatic carbocycles. The summed E-state index contributed by atoms with van der Waals surface area (Å²) < 4.78 is 13.7. The van der Waals surface area contributed by atoms with E-state index in [1.807, 2.05) is 0 Å². The summed E-state index contributed by atoms with van der Waals surface area (Å²) in [6.45, 7) is 0.307. The molecule has 1 amide bonds. The summed E-state index contributed by atoms with van der Waals surface area (Å²) in [4.78, 5) is 22.9. The van der Waals surface area contributed by atoms with Crippen LogP contribution in [0.4, 0.5) is 4.39 Å². The highest BCUT2D eigenvalue weighted by molar-refractivity contribution is 9.10. The minimum atomic E-state index is -0.856. The van der Waals surface area contributed by atoms with Gasteiger partial charge in [-0.1, -0.05) is 6.42 Å². The van der Waals surface area contributed by atoms with E-state index in [0.717, 1.165) is 25.3 Å². The van der Waals surface area contributed by atoms with Gasteiger partial charge in [0.05, 0.1) is 12.0 Å². The molecule has 1 aliphatic carbocycles. The molecule has 1 aromatic rings. The molecular formula is C14H15BrFNO3. The Morgan fingerprint density at radius 1 is 1.40 bits per heavy atom. The topological polar surface area (TPSA) is 66.4 Å². The predicted octanol–water partition coefficient (Wildman–Crippen LogP) is 2.96. The molecule has 0 saturated heterocycles. The SMILES string of the molecule is O=C(O)CC1(CNC(=O)c2cc(F)ccc2Br)CCC1. The molecule has 4 nitrogen and oxygen atoms in total. The number of amides is 1. The highest BCUT2D eigenvalue weighted by Crippen LogP contribution is 2.43. The second-order valence-electron chi connectivity index (χ2n) is 5.23. The van der Waals surface area contributed by atoms with Crippen LogP contribution in [0.5, 0.6) is 0 Å². The molecule has 2 N–H and O–H groups in total. The van der Waals surface area contributed by atoms with Gasteiger partial charge < -0.3 is 10.4 Å². The predicted molar refractivity (Wildman–Crippen MR) is 75.0 cm³/mol. The van der Waals surface area contributed by atoms with E-state index in [1.54, 1.807) is 0 Å². The molecule has 2 rings (SSSR count). The van der Waals surface area contributed by atoms with Gasteiger partial charge in [-0.2, -0.15) is 0 Å². The minimum Gasteiger partial charge on any atom is -0.481 e. The van der Waals surface area contributed by atoms with Crippen LogP contribution >= 0.6 is 15.9 Å². The van der Waals surface area contributed by atoms with Crippen molar-refractivity contribution in [3.8, 4) is 0 Å². The number of benzene rings is 1. The van der Waals surface area contributed by atoms with Crippen LogP contribution in [0.25, 0.3) is 0 Å². The molecule has 6 heteroatoms. The number of carboxylic acid groups (broad SMARTS) is 1. The molecule has 0 unspecified atom stereocenters. The van der Waals surface area contributed by atoms with Gasteiger partial charge in [0.15, 0.2) is 0 Å². The summed E-state index contributed by atoms with van der Waals surface area (Å²) in [5.41, 5.74) is -0.129. The van der Waals surface area contributed by atoms with Crippen molar-refractivity contribution in [1.82, 2.24) is 5.32 Å². The van der Waals surface area contributed by atoms with Crippen molar-refractivity contribution < 1.29 is 19.1 Å². The van der Waals surface area contributed by atoms with Crippen LogP contribution in [0.3, 0.4) is 0 Å². The molecule has 1 saturated carbocycles. The van der Waals surface area contributed by atoms with Gasteiger partial charge in [0.25, 0.3) is 5.91 Å². The maximum absolute atomic E-state index is 13.2. The Bertz CT molecular complexity index is 543. The van der Waals surface area contributed by atoms with Crippen LogP contribution in [0.2, 0.25) is 0 Å². The summed E-state index contributed by atoms with van der Waals surface area (Å²) >= 11 is 3.20. The average Bonchev–Trinajstić information content (AvgIpc) is 2.34. The number of carbonyl (C=O) groups is 2. The number of carbonyl (C=O) groups excluding carboxylic acids is 1. The van der Waals surface area contributed by atoms with Crippen molar-refractivity contribution in [2.24, 2.45) is 5.41 Å². The maximum Gasteiger partial charge on any atom is 0.303 e. The normalized spacial score (nSPS) is 16.3. The lowest BCUT2D eigenvalue weighted by atomic mass is 9.66. The molecule has 0 heterocycles. The number of aliphatic carboxylic acids is 1. The Labute approximate surface area is 124 Å². The second kappa shape index (κ2) is 5.91. The summed E-state index contributed by atoms with van der Waals surface area (Å²) in [6, 6.07) is 3.89. The maximum atomic E-state index is 13.2. The first-order valence-electron chi connectivity index (χ1n) is 6.37. The standard InChI is InChI=1S/C14H15BrFNO3/c15-11-3-2-9(16)6-10(11)13(20)17-8-14(4-1-5-14)7-12(18)19/h2-3,6H,1,4-5,7-8H2,(H,17,20)(H,18,19). The third-order valence-electron chi connectivity index (χ3n) is 3.74. The molecule has 0 aromatic heterocycles. The Morgan fingerprint density at radius 3 is 2.65 bits per heavy atom. The van der Waals surface area contributed by atoms with Crippen molar-refractivity contribution in [2.75, 3.05) is 6.54 Å². The summed E-state index contributed by atoms with van der Waals surface area (Å²) in [5, 5.41) is 11.6. The lowest BCUT2D eigenvalue weighted by Crippen LogP contribution is -2.43. The quantitative estimate of drug-likeness (QED) is 0.863. The van der Waals surface area contributed by atoms with E-state index >= 15 is 0 Å². The van der Waals surface area contributed by atoms with Crippen molar-refractivity contribution in [2.45, 2.75) is 25.7 Å². The Morgan fingerprint density at radius 2 is 2.10 bits per heavy atom. The largest absolute Gasteiger partial charge is 0.481 e. The van der Waals surface area contributed by atoms with Crippen molar-refractivity contribution in [3.63, 3.8) is 0 Å². The molecule has 108 valence electrons. The average molecular weight is 344 g/mol. The molecule has 20 heavy (non-hydrogen) atoms. The number of hydrogen-bond acceptors (Lipinski definition) is 2. The first-order chi connectivity index (χ1) is 9.42. The molecule has 1 fully saturated rings. The van der Waals surface area contributed by atoms with Gasteiger partial charge in [0.1, 0.15) is 5.82 Å². The van der Waals surface area contributed by atoms with Gasteiger partial charge >= 0.3 is 5.97 Å². The second-order valence-corrected chi connectivity index (χ2v) is 6.09. The minimum absolute atomic E-state index is 0.0532. The van der Waals surface area contributed by atoms with Crippen LogP contribution in [0.1, 0.15) is 36.0 Å². The molecular weight excluding hydrogens is 329 g/mol. The third-order valence-corrected chi connectivity index (χ3v) is 4.43. The summed E-state index contributed by atoms with van der Waals surface area (Å²) in [7, 11) is 0. The lowest BCUT2D eigenvalue weighted by molar-refractivity contribution is -0.141. The number of hydrogen-bond donors (Lipinski definition) is 2. The first kappa shape index (κ1) is 15.0. The lowest BCUT2D eigenvalue weighted by Gasteiger charge is -2.40. The van der Waals surface area contributed by atoms with E-state index < -0.39 is 17.7 Å². The highest BCUT2D eigenvalue weighted by atomic mass is 79.9. The number of rotatable bonds is 5. The number of carboxylic acids is 1. The number of nitrogens with one attached hydrogen (secondary N) is 1. The fraction of sp³-hybridized carbons (Fsp3) is 0.429. The van der Waals surface area contributed by atoms with Crippen LogP contribution < -0.4 is 5.32 Å². The Balaban J connectivity index is 2.01. The van der Waals surface area contributed by atoms with Crippen LogP contribution in [-0.4, -0.2) is 23.5 Å². The van der Waals surface area contributed by atoms with Gasteiger partial charge in [-0.05, 0) is 52.4 Å². The number of halogens is 2. The first-order valence-corrected chi connectivity index (χ1v) is 7.16. The monoisotopic (exact) mass is 343 g/mol. The molecule has 0 spiro atoms. The van der Waals surface area contributed by atoms with Crippen molar-refractivity contribution in [1.29, 1.82) is 0 Å². The molecule has 0 aliphatic heterocycles. The molecule has 0 radical (unpaired) electrons.